The molecule has 6 rings (SSSR count). The van der Waals surface area contributed by atoms with Crippen molar-refractivity contribution in [2.45, 2.75) is 57.9 Å². The second kappa shape index (κ2) is 12.5. The Hall–Kier alpha value is -4.66. The number of hydrogen-bond acceptors (Lipinski definition) is 9. The molecule has 1 unspecified atom stereocenters. The van der Waals surface area contributed by atoms with Gasteiger partial charge in [0.1, 0.15) is 11.9 Å². The zero-order chi connectivity index (χ0) is 33.5. The average Bonchev–Trinajstić information content (AvgIpc) is 3.66. The van der Waals surface area contributed by atoms with E-state index in [1.54, 1.807) is 36.2 Å². The molecule has 2 atom stereocenters. The number of benzene rings is 1. The molecule has 2 saturated heterocycles. The number of nitrogens with zero attached hydrogens (tertiary/aromatic N) is 6. The van der Waals surface area contributed by atoms with Gasteiger partial charge in [-0.3, -0.25) is 9.59 Å². The van der Waals surface area contributed by atoms with Crippen LogP contribution in [-0.4, -0.2) is 86.6 Å². The van der Waals surface area contributed by atoms with E-state index in [0.29, 0.717) is 69.9 Å². The number of amides is 1. The summed E-state index contributed by atoms with van der Waals surface area (Å²) >= 11 is 0. The van der Waals surface area contributed by atoms with E-state index in [1.165, 1.54) is 23.7 Å². The number of ether oxygens (including phenoxy) is 1. The maximum Gasteiger partial charge on any atom is 0.429 e. The standard InChI is InChI=1S/C32H37F3N8O4/c1-19-5-12-43(40-19)25-15-22(21-6-10-41(11-7-21)20(2)44)3-4-23(25)28(32(33,34)35)47-27-16-26(38-30(36)39-27)42-13-8-31(9-14-42)17-24(29(45)46)37-18-31/h3-6,12,15-16,24,28,37H,7-11,13-14,17-18H2,1-2H3,(H,45,46)(H2,36,38,39)/t24?,28-/m1/s1. The smallest absolute Gasteiger partial charge is 0.429 e. The number of halogens is 3. The lowest BCUT2D eigenvalue weighted by atomic mass is 9.76. The largest absolute Gasteiger partial charge is 0.480 e. The first kappa shape index (κ1) is 32.3. The molecule has 0 saturated carbocycles. The number of nitrogens with one attached hydrogen (secondary N) is 1. The molecule has 12 nitrogen and oxygen atoms in total. The molecular weight excluding hydrogens is 617 g/mol. The molecule has 47 heavy (non-hydrogen) atoms. The van der Waals surface area contributed by atoms with Crippen LogP contribution in [0.3, 0.4) is 0 Å². The highest BCUT2D eigenvalue weighted by atomic mass is 19.4. The molecule has 250 valence electrons. The third-order valence-electron chi connectivity index (χ3n) is 9.36. The first-order chi connectivity index (χ1) is 22.3. The van der Waals surface area contributed by atoms with Gasteiger partial charge in [0.15, 0.2) is 0 Å². The summed E-state index contributed by atoms with van der Waals surface area (Å²) in [5.74, 6) is -1.12. The summed E-state index contributed by atoms with van der Waals surface area (Å²) in [5.41, 5.74) is 8.13. The predicted molar refractivity (Wildman–Crippen MR) is 167 cm³/mol. The van der Waals surface area contributed by atoms with E-state index in [0.717, 1.165) is 11.1 Å². The van der Waals surface area contributed by atoms with Gasteiger partial charge in [-0.1, -0.05) is 18.2 Å². The van der Waals surface area contributed by atoms with Gasteiger partial charge in [0, 0.05) is 57.5 Å². The Kier molecular flexibility index (Phi) is 8.59. The fourth-order valence-electron chi connectivity index (χ4n) is 6.69. The summed E-state index contributed by atoms with van der Waals surface area (Å²) in [5, 5.41) is 16.9. The van der Waals surface area contributed by atoms with Crippen LogP contribution in [0.25, 0.3) is 11.3 Å². The van der Waals surface area contributed by atoms with Crippen LogP contribution in [0.1, 0.15) is 55.5 Å². The Labute approximate surface area is 269 Å². The van der Waals surface area contributed by atoms with Gasteiger partial charge in [0.25, 0.3) is 0 Å². The molecule has 1 amide bonds. The number of aliphatic carboxylic acids is 1. The van der Waals surface area contributed by atoms with Crippen molar-refractivity contribution < 1.29 is 32.6 Å². The van der Waals surface area contributed by atoms with Crippen LogP contribution in [0.4, 0.5) is 24.9 Å². The number of carboxylic acid groups (broad SMARTS) is 1. The van der Waals surface area contributed by atoms with Gasteiger partial charge in [0.05, 0.1) is 11.4 Å². The number of carbonyl (C=O) groups excluding carboxylic acids is 1. The minimum atomic E-state index is -4.84. The Morgan fingerprint density at radius 1 is 1.15 bits per heavy atom. The number of aryl methyl sites for hydroxylation is 1. The van der Waals surface area contributed by atoms with Crippen molar-refractivity contribution in [3.63, 3.8) is 0 Å². The summed E-state index contributed by atoms with van der Waals surface area (Å²) in [7, 11) is 0. The van der Waals surface area contributed by atoms with Gasteiger partial charge < -0.3 is 30.7 Å². The molecule has 3 aliphatic rings. The van der Waals surface area contributed by atoms with Crippen LogP contribution in [0.2, 0.25) is 0 Å². The van der Waals surface area contributed by atoms with E-state index in [-0.39, 0.29) is 34.4 Å². The van der Waals surface area contributed by atoms with Crippen LogP contribution < -0.4 is 20.7 Å². The molecular formula is C32H37F3N8O4. The van der Waals surface area contributed by atoms with E-state index < -0.39 is 24.3 Å². The maximum absolute atomic E-state index is 14.8. The van der Waals surface area contributed by atoms with Crippen molar-refractivity contribution in [2.75, 3.05) is 43.4 Å². The van der Waals surface area contributed by atoms with Crippen molar-refractivity contribution in [1.29, 1.82) is 0 Å². The third-order valence-corrected chi connectivity index (χ3v) is 9.36. The number of aromatic nitrogens is 4. The normalized spacial score (nSPS) is 20.3. The van der Waals surface area contributed by atoms with Crippen molar-refractivity contribution in [3.8, 4) is 11.6 Å². The molecule has 4 N–H and O–H groups in total. The number of rotatable bonds is 7. The van der Waals surface area contributed by atoms with Crippen molar-refractivity contribution in [3.05, 3.63) is 59.4 Å². The lowest BCUT2D eigenvalue weighted by Gasteiger charge is -2.39. The van der Waals surface area contributed by atoms with E-state index in [4.69, 9.17) is 10.5 Å². The fraction of sp³-hybridized carbons (Fsp3) is 0.469. The van der Waals surface area contributed by atoms with Gasteiger partial charge >= 0.3 is 12.1 Å². The Balaban J connectivity index is 1.28. The van der Waals surface area contributed by atoms with Gasteiger partial charge in [0.2, 0.25) is 23.8 Å². The highest BCUT2D eigenvalue weighted by Crippen LogP contribution is 2.42. The number of carboxylic acids is 1. The van der Waals surface area contributed by atoms with Gasteiger partial charge in [-0.25, -0.2) is 4.68 Å². The highest BCUT2D eigenvalue weighted by molar-refractivity contribution is 5.76. The summed E-state index contributed by atoms with van der Waals surface area (Å²) in [6, 6.07) is 7.16. The zero-order valence-electron chi connectivity index (χ0n) is 26.1. The van der Waals surface area contributed by atoms with Crippen LogP contribution >= 0.6 is 0 Å². The number of hydrogen-bond donors (Lipinski definition) is 3. The number of piperidine rings is 1. The number of nitrogen functional groups attached to an aromatic ring is 1. The average molecular weight is 655 g/mol. The molecule has 5 heterocycles. The van der Waals surface area contributed by atoms with Gasteiger partial charge in [-0.2, -0.15) is 28.2 Å². The number of anilines is 2. The van der Waals surface area contributed by atoms with Gasteiger partial charge in [-0.15, -0.1) is 0 Å². The van der Waals surface area contributed by atoms with Crippen molar-refractivity contribution in [1.82, 2.24) is 30.0 Å². The summed E-state index contributed by atoms with van der Waals surface area (Å²) in [6.45, 7) is 5.84. The maximum atomic E-state index is 14.8. The van der Waals surface area contributed by atoms with Crippen molar-refractivity contribution in [2.24, 2.45) is 5.41 Å². The monoisotopic (exact) mass is 654 g/mol. The zero-order valence-corrected chi connectivity index (χ0v) is 26.1. The fourth-order valence-corrected chi connectivity index (χ4v) is 6.69. The lowest BCUT2D eigenvalue weighted by Crippen LogP contribution is -2.41. The second-order valence-corrected chi connectivity index (χ2v) is 12.5. The van der Waals surface area contributed by atoms with Crippen molar-refractivity contribution >= 4 is 29.2 Å². The van der Waals surface area contributed by atoms with E-state index in [2.05, 4.69) is 20.4 Å². The minimum absolute atomic E-state index is 0.0359. The first-order valence-electron chi connectivity index (χ1n) is 15.5. The van der Waals surface area contributed by atoms with Crippen LogP contribution in [-0.2, 0) is 9.59 Å². The second-order valence-electron chi connectivity index (χ2n) is 12.5. The number of carbonyl (C=O) groups is 2. The van der Waals surface area contributed by atoms with Crippen LogP contribution in [0.5, 0.6) is 5.88 Å². The quantitative estimate of drug-likeness (QED) is 0.342. The number of alkyl halides is 3. The van der Waals surface area contributed by atoms with Gasteiger partial charge in [-0.05, 0) is 61.3 Å². The predicted octanol–water partition coefficient (Wildman–Crippen LogP) is 3.90. The molecule has 3 aromatic rings. The third kappa shape index (κ3) is 6.89. The minimum Gasteiger partial charge on any atom is -0.480 e. The Morgan fingerprint density at radius 2 is 1.91 bits per heavy atom. The molecule has 0 bridgehead atoms. The first-order valence-corrected chi connectivity index (χ1v) is 15.5. The molecule has 1 aromatic carbocycles. The highest BCUT2D eigenvalue weighted by Gasteiger charge is 2.46. The Bertz CT molecular complexity index is 1700. The SMILES string of the molecule is CC(=O)N1CC=C(c2ccc([C@@H](Oc3cc(N4CCC5(CC4)CNC(C(=O)O)C5)nc(N)n3)C(F)(F)F)c(-n3ccc(C)n3)c2)CC1. The molecule has 15 heteroatoms. The summed E-state index contributed by atoms with van der Waals surface area (Å²) in [4.78, 5) is 35.1. The van der Waals surface area contributed by atoms with E-state index in [1.807, 2.05) is 11.0 Å². The lowest BCUT2D eigenvalue weighted by molar-refractivity contribution is -0.198. The molecule has 0 aliphatic carbocycles. The van der Waals surface area contributed by atoms with E-state index >= 15 is 0 Å². The Morgan fingerprint density at radius 3 is 2.51 bits per heavy atom. The molecule has 2 fully saturated rings. The topological polar surface area (TPSA) is 152 Å². The molecule has 1 spiro atoms. The molecule has 0 radical (unpaired) electrons. The molecule has 3 aliphatic heterocycles. The summed E-state index contributed by atoms with van der Waals surface area (Å²) in [6.07, 6.45) is -1.26. The number of nitrogens with two attached hydrogens (primary N) is 1. The van der Waals surface area contributed by atoms with Crippen LogP contribution in [0, 0.1) is 12.3 Å². The van der Waals surface area contributed by atoms with Crippen LogP contribution in [0.15, 0.2) is 42.6 Å². The molecule has 2 aromatic heterocycles. The van der Waals surface area contributed by atoms with E-state index in [9.17, 15) is 27.9 Å². The summed E-state index contributed by atoms with van der Waals surface area (Å²) < 4.78 is 51.6.